The van der Waals surface area contributed by atoms with Crippen molar-refractivity contribution in [3.8, 4) is 0 Å². The van der Waals surface area contributed by atoms with E-state index >= 15 is 0 Å². The highest BCUT2D eigenvalue weighted by Crippen LogP contribution is 2.31. The van der Waals surface area contributed by atoms with E-state index in [0.717, 1.165) is 24.9 Å². The fraction of sp³-hybridized carbons (Fsp3) is 0.219. The first-order chi connectivity index (χ1) is 17.5. The summed E-state index contributed by atoms with van der Waals surface area (Å²) in [5.74, 6) is 1.02. The van der Waals surface area contributed by atoms with Gasteiger partial charge in [0.1, 0.15) is 11.5 Å². The maximum atomic E-state index is 10.8. The SMILES string of the molecule is C=C1NC(c2ccccc2)=NC(C(=C)N(CCCC(c2ccccc2)c2ccccc2)C(C)C)=C1O. The van der Waals surface area contributed by atoms with E-state index in [4.69, 9.17) is 4.99 Å². The van der Waals surface area contributed by atoms with Crippen molar-refractivity contribution in [1.82, 2.24) is 10.2 Å². The lowest BCUT2D eigenvalue weighted by molar-refractivity contribution is 0.278. The quantitative estimate of drug-likeness (QED) is 0.326. The van der Waals surface area contributed by atoms with E-state index in [0.29, 0.717) is 28.8 Å². The number of hydrogen-bond donors (Lipinski definition) is 2. The van der Waals surface area contributed by atoms with Crippen molar-refractivity contribution in [1.29, 1.82) is 0 Å². The van der Waals surface area contributed by atoms with Crippen LogP contribution >= 0.6 is 0 Å². The molecule has 0 radical (unpaired) electrons. The van der Waals surface area contributed by atoms with Gasteiger partial charge in [-0.1, -0.05) is 104 Å². The molecule has 4 heteroatoms. The summed E-state index contributed by atoms with van der Waals surface area (Å²) < 4.78 is 0. The van der Waals surface area contributed by atoms with Gasteiger partial charge >= 0.3 is 0 Å². The molecule has 3 aromatic carbocycles. The summed E-state index contributed by atoms with van der Waals surface area (Å²) in [5, 5.41) is 14.0. The van der Waals surface area contributed by atoms with Crippen LogP contribution in [0.2, 0.25) is 0 Å². The number of nitrogens with zero attached hydrogens (tertiary/aromatic N) is 2. The minimum atomic E-state index is 0.0387. The molecular formula is C32H35N3O. The predicted molar refractivity (Wildman–Crippen MR) is 150 cm³/mol. The highest BCUT2D eigenvalue weighted by atomic mass is 16.3. The fourth-order valence-electron chi connectivity index (χ4n) is 4.67. The average molecular weight is 478 g/mol. The van der Waals surface area contributed by atoms with E-state index in [2.05, 4.69) is 97.9 Å². The minimum Gasteiger partial charge on any atom is -0.504 e. The van der Waals surface area contributed by atoms with Crippen LogP contribution in [0.3, 0.4) is 0 Å². The molecule has 0 aromatic heterocycles. The first-order valence-corrected chi connectivity index (χ1v) is 12.5. The number of aliphatic hydroxyl groups is 1. The Morgan fingerprint density at radius 3 is 1.94 bits per heavy atom. The van der Waals surface area contributed by atoms with Crippen molar-refractivity contribution in [2.24, 2.45) is 4.99 Å². The molecule has 0 aliphatic carbocycles. The zero-order valence-electron chi connectivity index (χ0n) is 21.2. The van der Waals surface area contributed by atoms with Crippen LogP contribution in [0.25, 0.3) is 0 Å². The van der Waals surface area contributed by atoms with Crippen LogP contribution in [0.5, 0.6) is 0 Å². The van der Waals surface area contributed by atoms with Crippen LogP contribution < -0.4 is 5.32 Å². The van der Waals surface area contributed by atoms with Crippen molar-refractivity contribution in [2.45, 2.75) is 38.6 Å². The average Bonchev–Trinajstić information content (AvgIpc) is 2.91. The van der Waals surface area contributed by atoms with Crippen LogP contribution in [0, 0.1) is 0 Å². The number of aliphatic imine (C=N–C) groups is 1. The molecule has 0 spiro atoms. The Bertz CT molecular complexity index is 1200. The second-order valence-electron chi connectivity index (χ2n) is 9.38. The molecular weight excluding hydrogens is 442 g/mol. The van der Waals surface area contributed by atoms with E-state index < -0.39 is 0 Å². The molecule has 184 valence electrons. The predicted octanol–water partition coefficient (Wildman–Crippen LogP) is 7.16. The fourth-order valence-corrected chi connectivity index (χ4v) is 4.67. The van der Waals surface area contributed by atoms with Gasteiger partial charge in [-0.15, -0.1) is 0 Å². The molecule has 0 saturated heterocycles. The highest BCUT2D eigenvalue weighted by molar-refractivity contribution is 6.01. The Kier molecular flexibility index (Phi) is 8.06. The summed E-state index contributed by atoms with van der Waals surface area (Å²) in [4.78, 5) is 6.98. The molecule has 0 amide bonds. The summed E-state index contributed by atoms with van der Waals surface area (Å²) in [6, 6.07) is 31.4. The van der Waals surface area contributed by atoms with Gasteiger partial charge in [0.25, 0.3) is 0 Å². The second-order valence-corrected chi connectivity index (χ2v) is 9.38. The summed E-state index contributed by atoms with van der Waals surface area (Å²) in [7, 11) is 0. The molecule has 0 bridgehead atoms. The number of nitrogens with one attached hydrogen (secondary N) is 1. The van der Waals surface area contributed by atoms with Crippen molar-refractivity contribution in [3.05, 3.63) is 144 Å². The van der Waals surface area contributed by atoms with Gasteiger partial charge in [0.2, 0.25) is 0 Å². The highest BCUT2D eigenvalue weighted by Gasteiger charge is 2.25. The van der Waals surface area contributed by atoms with E-state index in [1.165, 1.54) is 11.1 Å². The Balaban J connectivity index is 1.53. The summed E-state index contributed by atoms with van der Waals surface area (Å²) >= 11 is 0. The largest absolute Gasteiger partial charge is 0.504 e. The molecule has 0 saturated carbocycles. The molecule has 0 atom stereocenters. The second kappa shape index (κ2) is 11.6. The molecule has 1 aliphatic heterocycles. The number of aliphatic hydroxyl groups excluding tert-OH is 1. The Morgan fingerprint density at radius 1 is 0.889 bits per heavy atom. The molecule has 4 rings (SSSR count). The van der Waals surface area contributed by atoms with Crippen molar-refractivity contribution in [3.63, 3.8) is 0 Å². The van der Waals surface area contributed by atoms with E-state index in [-0.39, 0.29) is 11.8 Å². The van der Waals surface area contributed by atoms with Gasteiger partial charge < -0.3 is 15.3 Å². The van der Waals surface area contributed by atoms with Crippen LogP contribution in [-0.2, 0) is 0 Å². The zero-order chi connectivity index (χ0) is 25.5. The van der Waals surface area contributed by atoms with Gasteiger partial charge in [-0.25, -0.2) is 4.99 Å². The molecule has 2 N–H and O–H groups in total. The zero-order valence-corrected chi connectivity index (χ0v) is 21.2. The van der Waals surface area contributed by atoms with Crippen LogP contribution in [0.4, 0.5) is 0 Å². The van der Waals surface area contributed by atoms with Gasteiger partial charge in [-0.2, -0.15) is 0 Å². The lowest BCUT2D eigenvalue weighted by Gasteiger charge is -2.33. The van der Waals surface area contributed by atoms with Gasteiger partial charge in [0, 0.05) is 24.1 Å². The number of amidine groups is 1. The molecule has 0 fully saturated rings. The smallest absolute Gasteiger partial charge is 0.166 e. The molecule has 36 heavy (non-hydrogen) atoms. The van der Waals surface area contributed by atoms with E-state index in [9.17, 15) is 5.11 Å². The maximum absolute atomic E-state index is 10.8. The third kappa shape index (κ3) is 5.77. The van der Waals surface area contributed by atoms with Gasteiger partial charge in [-0.3, -0.25) is 0 Å². The minimum absolute atomic E-state index is 0.0387. The molecule has 1 aliphatic rings. The summed E-state index contributed by atoms with van der Waals surface area (Å²) in [6.45, 7) is 13.5. The third-order valence-corrected chi connectivity index (χ3v) is 6.59. The molecule has 1 heterocycles. The van der Waals surface area contributed by atoms with Crippen LogP contribution in [0.15, 0.2) is 132 Å². The van der Waals surface area contributed by atoms with Gasteiger partial charge in [-0.05, 0) is 37.8 Å². The van der Waals surface area contributed by atoms with Crippen LogP contribution in [-0.4, -0.2) is 28.4 Å². The topological polar surface area (TPSA) is 47.9 Å². The lowest BCUT2D eigenvalue weighted by atomic mass is 9.87. The maximum Gasteiger partial charge on any atom is 0.166 e. The number of benzene rings is 3. The molecule has 3 aromatic rings. The third-order valence-electron chi connectivity index (χ3n) is 6.59. The summed E-state index contributed by atoms with van der Waals surface area (Å²) in [6.07, 6.45) is 1.97. The van der Waals surface area contributed by atoms with E-state index in [1.807, 2.05) is 30.3 Å². The monoisotopic (exact) mass is 477 g/mol. The van der Waals surface area contributed by atoms with Crippen molar-refractivity contribution < 1.29 is 5.11 Å². The molecule has 4 nitrogen and oxygen atoms in total. The van der Waals surface area contributed by atoms with E-state index in [1.54, 1.807) is 0 Å². The van der Waals surface area contributed by atoms with Gasteiger partial charge in [0.05, 0.1) is 11.4 Å². The Morgan fingerprint density at radius 2 is 1.42 bits per heavy atom. The van der Waals surface area contributed by atoms with Crippen molar-refractivity contribution in [2.75, 3.05) is 6.54 Å². The van der Waals surface area contributed by atoms with Crippen LogP contribution in [0.1, 0.15) is 49.3 Å². The first kappa shape index (κ1) is 25.1. The lowest BCUT2D eigenvalue weighted by Crippen LogP contribution is -2.35. The summed E-state index contributed by atoms with van der Waals surface area (Å²) in [5.41, 5.74) is 5.18. The normalized spacial score (nSPS) is 13.6. The first-order valence-electron chi connectivity index (χ1n) is 12.5. The Hall–Kier alpha value is -4.05. The Labute approximate surface area is 215 Å². The number of rotatable bonds is 10. The molecule has 0 unspecified atom stereocenters. The van der Waals surface area contributed by atoms with Gasteiger partial charge in [0.15, 0.2) is 5.76 Å². The number of hydrogen-bond acceptors (Lipinski definition) is 4. The van der Waals surface area contributed by atoms with Crippen molar-refractivity contribution >= 4 is 5.84 Å². The standard InChI is InChI=1S/C32H35N3O/c1-23(2)35(22-14-21-29(26-15-8-5-9-16-26)27-17-10-6-11-18-27)25(4)30-31(36)24(3)33-32(34-30)28-19-12-7-13-20-28/h5-13,15-20,23,29,36H,3-4,14,21-22H2,1-2H3,(H,33,34).